The third-order valence-electron chi connectivity index (χ3n) is 3.72. The van der Waals surface area contributed by atoms with Crippen LogP contribution in [-0.2, 0) is 17.8 Å². The molecule has 0 fully saturated rings. The van der Waals surface area contributed by atoms with E-state index in [0.717, 1.165) is 5.56 Å². The lowest BCUT2D eigenvalue weighted by molar-refractivity contribution is 0.0599. The number of hydrogen-bond acceptors (Lipinski definition) is 4. The quantitative estimate of drug-likeness (QED) is 0.301. The van der Waals surface area contributed by atoms with Crippen molar-refractivity contribution < 1.29 is 18.3 Å². The molecule has 142 valence electrons. The van der Waals surface area contributed by atoms with E-state index < -0.39 is 5.97 Å². The number of rotatable bonds is 5. The lowest BCUT2D eigenvalue weighted by atomic mass is 10.1. The van der Waals surface area contributed by atoms with E-state index in [0.29, 0.717) is 41.7 Å². The van der Waals surface area contributed by atoms with Gasteiger partial charge in [-0.05, 0) is 37.1 Å². The number of carbonyl (C=O) groups is 1. The molecule has 0 saturated heterocycles. The van der Waals surface area contributed by atoms with Gasteiger partial charge in [0.05, 0.1) is 13.7 Å². The van der Waals surface area contributed by atoms with Crippen molar-refractivity contribution >= 4 is 35.9 Å². The van der Waals surface area contributed by atoms with Crippen LogP contribution < -0.4 is 10.6 Å². The second-order valence-electron chi connectivity index (χ2n) is 5.54. The summed E-state index contributed by atoms with van der Waals surface area (Å²) < 4.78 is 23.8. The summed E-state index contributed by atoms with van der Waals surface area (Å²) in [6.45, 7) is 4.21. The molecule has 2 aromatic rings. The fraction of sp³-hybridized carbons (Fsp3) is 0.333. The number of methoxy groups -OCH3 is 1. The van der Waals surface area contributed by atoms with Gasteiger partial charge in [0.25, 0.3) is 0 Å². The first-order chi connectivity index (χ1) is 11.9. The first-order valence-corrected chi connectivity index (χ1v) is 7.81. The van der Waals surface area contributed by atoms with Crippen molar-refractivity contribution in [3.63, 3.8) is 0 Å². The molecule has 8 heteroatoms. The van der Waals surface area contributed by atoms with Crippen LogP contribution in [0.2, 0.25) is 0 Å². The second-order valence-corrected chi connectivity index (χ2v) is 5.54. The van der Waals surface area contributed by atoms with E-state index in [1.54, 1.807) is 33.0 Å². The normalized spacial score (nSPS) is 10.9. The molecular formula is C18H23FIN3O3. The predicted molar refractivity (Wildman–Crippen MR) is 108 cm³/mol. The molecule has 0 radical (unpaired) electrons. The smallest absolute Gasteiger partial charge is 0.341 e. The highest BCUT2D eigenvalue weighted by Crippen LogP contribution is 2.15. The fourth-order valence-corrected chi connectivity index (χ4v) is 2.27. The van der Waals surface area contributed by atoms with E-state index in [1.807, 2.05) is 6.07 Å². The molecule has 1 heterocycles. The summed E-state index contributed by atoms with van der Waals surface area (Å²) in [6.07, 6.45) is 0. The van der Waals surface area contributed by atoms with Gasteiger partial charge in [-0.2, -0.15) is 0 Å². The number of esters is 1. The number of carbonyl (C=O) groups excluding carboxylic acids is 1. The monoisotopic (exact) mass is 475 g/mol. The van der Waals surface area contributed by atoms with Gasteiger partial charge in [-0.25, -0.2) is 9.18 Å². The zero-order chi connectivity index (χ0) is 18.4. The van der Waals surface area contributed by atoms with E-state index in [4.69, 9.17) is 9.15 Å². The summed E-state index contributed by atoms with van der Waals surface area (Å²) >= 11 is 0. The van der Waals surface area contributed by atoms with Gasteiger partial charge in [-0.3, -0.25) is 4.99 Å². The highest BCUT2D eigenvalue weighted by Gasteiger charge is 2.15. The van der Waals surface area contributed by atoms with Crippen LogP contribution in [0.5, 0.6) is 0 Å². The van der Waals surface area contributed by atoms with Gasteiger partial charge in [0.1, 0.15) is 22.9 Å². The van der Waals surface area contributed by atoms with Crippen molar-refractivity contribution in [3.05, 3.63) is 58.3 Å². The van der Waals surface area contributed by atoms with Gasteiger partial charge in [0.15, 0.2) is 5.96 Å². The molecule has 0 aliphatic carbocycles. The van der Waals surface area contributed by atoms with Crippen molar-refractivity contribution in [2.24, 2.45) is 4.99 Å². The number of aliphatic imine (C=N–C) groups is 1. The van der Waals surface area contributed by atoms with Crippen LogP contribution in [0.3, 0.4) is 0 Å². The lowest BCUT2D eigenvalue weighted by Crippen LogP contribution is -2.36. The molecule has 0 amide bonds. The van der Waals surface area contributed by atoms with Gasteiger partial charge in [-0.15, -0.1) is 24.0 Å². The molecule has 2 N–H and O–H groups in total. The van der Waals surface area contributed by atoms with Crippen LogP contribution in [-0.4, -0.2) is 26.1 Å². The molecule has 0 spiro atoms. The molecule has 26 heavy (non-hydrogen) atoms. The van der Waals surface area contributed by atoms with Gasteiger partial charge in [0.2, 0.25) is 0 Å². The topological polar surface area (TPSA) is 75.9 Å². The van der Waals surface area contributed by atoms with Gasteiger partial charge in [0, 0.05) is 13.6 Å². The Balaban J connectivity index is 0.00000338. The summed E-state index contributed by atoms with van der Waals surface area (Å²) in [6, 6.07) is 6.73. The molecule has 0 unspecified atom stereocenters. The molecule has 0 aliphatic rings. The van der Waals surface area contributed by atoms with E-state index >= 15 is 0 Å². The van der Waals surface area contributed by atoms with Crippen LogP contribution in [0.25, 0.3) is 0 Å². The number of furan rings is 1. The zero-order valence-electron chi connectivity index (χ0n) is 15.2. The SMILES string of the molecule is CN=C(NCc1ccc(C)c(F)c1)NCc1cc(C(=O)OC)c(C)o1.I. The van der Waals surface area contributed by atoms with E-state index in [-0.39, 0.29) is 29.8 Å². The summed E-state index contributed by atoms with van der Waals surface area (Å²) in [7, 11) is 2.96. The minimum Gasteiger partial charge on any atom is -0.465 e. The number of nitrogens with one attached hydrogen (secondary N) is 2. The maximum Gasteiger partial charge on any atom is 0.341 e. The van der Waals surface area contributed by atoms with Crippen molar-refractivity contribution in [3.8, 4) is 0 Å². The molecule has 1 aromatic heterocycles. The summed E-state index contributed by atoms with van der Waals surface area (Å²) in [5.74, 6) is 0.957. The molecular weight excluding hydrogens is 452 g/mol. The third-order valence-corrected chi connectivity index (χ3v) is 3.72. The number of nitrogens with zero attached hydrogens (tertiary/aromatic N) is 1. The first kappa shape index (κ1) is 21.9. The largest absolute Gasteiger partial charge is 0.465 e. The molecule has 0 saturated carbocycles. The first-order valence-electron chi connectivity index (χ1n) is 7.81. The Kier molecular flexibility index (Phi) is 8.56. The minimum atomic E-state index is -0.434. The molecule has 0 aliphatic heterocycles. The van der Waals surface area contributed by atoms with Crippen molar-refractivity contribution in [2.45, 2.75) is 26.9 Å². The predicted octanol–water partition coefficient (Wildman–Crippen LogP) is 3.31. The van der Waals surface area contributed by atoms with E-state index in [1.165, 1.54) is 13.2 Å². The van der Waals surface area contributed by atoms with E-state index in [9.17, 15) is 9.18 Å². The number of guanidine groups is 1. The third kappa shape index (κ3) is 5.72. The van der Waals surface area contributed by atoms with Crippen LogP contribution in [0.1, 0.15) is 33.0 Å². The van der Waals surface area contributed by atoms with Crippen molar-refractivity contribution in [2.75, 3.05) is 14.2 Å². The van der Waals surface area contributed by atoms with Crippen LogP contribution in [0, 0.1) is 19.7 Å². The number of ether oxygens (including phenoxy) is 1. The summed E-state index contributed by atoms with van der Waals surface area (Å²) in [4.78, 5) is 15.7. The van der Waals surface area contributed by atoms with Crippen LogP contribution >= 0.6 is 24.0 Å². The summed E-state index contributed by atoms with van der Waals surface area (Å²) in [5, 5.41) is 6.18. The van der Waals surface area contributed by atoms with Crippen molar-refractivity contribution in [1.29, 1.82) is 0 Å². The lowest BCUT2D eigenvalue weighted by Gasteiger charge is -2.11. The summed E-state index contributed by atoms with van der Waals surface area (Å²) in [5.41, 5.74) is 1.83. The average molecular weight is 475 g/mol. The zero-order valence-corrected chi connectivity index (χ0v) is 17.5. The highest BCUT2D eigenvalue weighted by atomic mass is 127. The maximum atomic E-state index is 13.6. The van der Waals surface area contributed by atoms with Crippen molar-refractivity contribution in [1.82, 2.24) is 10.6 Å². The highest BCUT2D eigenvalue weighted by molar-refractivity contribution is 14.0. The van der Waals surface area contributed by atoms with Crippen LogP contribution in [0.4, 0.5) is 4.39 Å². The fourth-order valence-electron chi connectivity index (χ4n) is 2.27. The Hall–Kier alpha value is -2.10. The molecule has 6 nitrogen and oxygen atoms in total. The maximum absolute atomic E-state index is 13.6. The molecule has 2 rings (SSSR count). The Labute approximate surface area is 169 Å². The minimum absolute atomic E-state index is 0. The second kappa shape index (κ2) is 10.1. The van der Waals surface area contributed by atoms with Gasteiger partial charge in [-0.1, -0.05) is 12.1 Å². The average Bonchev–Trinajstić information content (AvgIpc) is 2.98. The Bertz CT molecular complexity index is 790. The molecule has 0 atom stereocenters. The number of halogens is 2. The van der Waals surface area contributed by atoms with Gasteiger partial charge < -0.3 is 19.8 Å². The number of benzene rings is 1. The van der Waals surface area contributed by atoms with E-state index in [2.05, 4.69) is 15.6 Å². The molecule has 1 aromatic carbocycles. The Morgan fingerprint density at radius 1 is 1.23 bits per heavy atom. The standard InChI is InChI=1S/C18H22FN3O3.HI/c1-11-5-6-13(7-16(11)19)9-21-18(20-3)22-10-14-8-15(12(2)25-14)17(23)24-4;/h5-8H,9-10H2,1-4H3,(H2,20,21,22);1H. The van der Waals surface area contributed by atoms with Crippen LogP contribution in [0.15, 0.2) is 33.7 Å². The Morgan fingerprint density at radius 2 is 1.92 bits per heavy atom. The number of hydrogen-bond donors (Lipinski definition) is 2. The molecule has 0 bridgehead atoms. The number of aryl methyl sites for hydroxylation is 2. The van der Waals surface area contributed by atoms with Gasteiger partial charge >= 0.3 is 5.97 Å². The Morgan fingerprint density at radius 3 is 2.54 bits per heavy atom.